The van der Waals surface area contributed by atoms with Crippen LogP contribution in [0.15, 0.2) is 11.6 Å². The Morgan fingerprint density at radius 2 is 1.54 bits per heavy atom. The lowest BCUT2D eigenvalue weighted by Crippen LogP contribution is -2.70. The summed E-state index contributed by atoms with van der Waals surface area (Å²) in [4.78, 5) is 39.8. The molecule has 56 heavy (non-hydrogen) atoms. The van der Waals surface area contributed by atoms with E-state index >= 15 is 0 Å². The van der Waals surface area contributed by atoms with E-state index < -0.39 is 102 Å². The van der Waals surface area contributed by atoms with Gasteiger partial charge < -0.3 is 52.8 Å². The molecule has 4 aliphatic carbocycles. The first-order valence-electron chi connectivity index (χ1n) is 20.7. The van der Waals surface area contributed by atoms with Gasteiger partial charge in [0.25, 0.3) is 0 Å². The van der Waals surface area contributed by atoms with Crippen LogP contribution in [0.5, 0.6) is 0 Å². The van der Waals surface area contributed by atoms with Crippen LogP contribution < -0.4 is 0 Å². The summed E-state index contributed by atoms with van der Waals surface area (Å²) in [5.74, 6) is -1.41. The summed E-state index contributed by atoms with van der Waals surface area (Å²) in [6.45, 7) is 14.4. The second-order valence-electron chi connectivity index (χ2n) is 18.2. The van der Waals surface area contributed by atoms with E-state index in [0.29, 0.717) is 24.8 Å². The van der Waals surface area contributed by atoms with Gasteiger partial charge in [0, 0.05) is 50.4 Å². The van der Waals surface area contributed by atoms with Crippen molar-refractivity contribution in [3.8, 4) is 0 Å². The van der Waals surface area contributed by atoms with E-state index in [2.05, 4.69) is 6.92 Å². The number of carbonyl (C=O) groups excluding carboxylic acids is 3. The zero-order valence-corrected chi connectivity index (χ0v) is 34.7. The molecule has 0 aromatic rings. The van der Waals surface area contributed by atoms with Crippen LogP contribution in [0.1, 0.15) is 107 Å². The number of aliphatic hydroxyl groups is 2. The third-order valence-electron chi connectivity index (χ3n) is 15.6. The van der Waals surface area contributed by atoms with Crippen molar-refractivity contribution in [3.63, 3.8) is 0 Å². The SMILES string of the molecule is CC=C(C)C(=O)O[C@@H]1[C@@H](OC(C)=O)[C@]2(C)[C@H](C(C)=O)CC[C@@]23O[C@]32CC[C@H]3C[C@@H](O[C@H]4C[C@@H](OC)[C@H](O[C@@H]5O[C@H](C)[C@@H](O)[C@@H](OC)[C@H]5O)[C@@H](C)O4)CC[C@]3(C)[C@@H]12. The number of epoxide rings is 1. The van der Waals surface area contributed by atoms with Crippen molar-refractivity contribution in [1.29, 1.82) is 0 Å². The van der Waals surface area contributed by atoms with Crippen LogP contribution in [0.25, 0.3) is 0 Å². The van der Waals surface area contributed by atoms with Gasteiger partial charge in [-0.05, 0) is 90.9 Å². The maximum absolute atomic E-state index is 13.7. The van der Waals surface area contributed by atoms with Gasteiger partial charge in [0.2, 0.25) is 0 Å². The van der Waals surface area contributed by atoms with Crippen LogP contribution >= 0.6 is 0 Å². The topological polar surface area (TPSA) is 178 Å². The lowest BCUT2D eigenvalue weighted by Gasteiger charge is -2.61. The molecule has 3 saturated heterocycles. The predicted molar refractivity (Wildman–Crippen MR) is 198 cm³/mol. The van der Waals surface area contributed by atoms with Crippen molar-refractivity contribution < 1.29 is 67.2 Å². The fourth-order valence-corrected chi connectivity index (χ4v) is 12.6. The first kappa shape index (κ1) is 42.1. The molecule has 4 saturated carbocycles. The quantitative estimate of drug-likeness (QED) is 0.141. The highest BCUT2D eigenvalue weighted by Crippen LogP contribution is 2.81. The first-order valence-corrected chi connectivity index (χ1v) is 20.7. The maximum Gasteiger partial charge on any atom is 0.333 e. The Kier molecular flexibility index (Phi) is 11.5. The zero-order chi connectivity index (χ0) is 40.7. The second-order valence-corrected chi connectivity index (χ2v) is 18.2. The molecule has 2 spiro atoms. The predicted octanol–water partition coefficient (Wildman–Crippen LogP) is 3.94. The lowest BCUT2D eigenvalue weighted by atomic mass is 9.43. The van der Waals surface area contributed by atoms with Gasteiger partial charge in [-0.3, -0.25) is 9.59 Å². The molecule has 7 aliphatic rings. The molecule has 0 amide bonds. The van der Waals surface area contributed by atoms with E-state index in [9.17, 15) is 24.6 Å². The fourth-order valence-electron chi connectivity index (χ4n) is 12.6. The van der Waals surface area contributed by atoms with Crippen molar-refractivity contribution in [3.05, 3.63) is 11.6 Å². The Morgan fingerprint density at radius 1 is 0.804 bits per heavy atom. The number of hydrogen-bond acceptors (Lipinski definition) is 14. The highest BCUT2D eigenvalue weighted by molar-refractivity contribution is 5.88. The first-order chi connectivity index (χ1) is 26.4. The van der Waals surface area contributed by atoms with E-state index in [1.807, 2.05) is 13.8 Å². The Morgan fingerprint density at radius 3 is 2.18 bits per heavy atom. The van der Waals surface area contributed by atoms with Crippen LogP contribution in [0.4, 0.5) is 0 Å². The number of carbonyl (C=O) groups is 3. The monoisotopic (exact) mass is 792 g/mol. The average molecular weight is 793 g/mol. The molecular formula is C42H64O14. The minimum Gasteiger partial charge on any atom is -0.458 e. The number of fused-ring (bicyclic) bond motifs is 2. The van der Waals surface area contributed by atoms with Gasteiger partial charge in [0.1, 0.15) is 53.6 Å². The number of ketones is 1. The Balaban J connectivity index is 1.10. The highest BCUT2D eigenvalue weighted by atomic mass is 16.7. The summed E-state index contributed by atoms with van der Waals surface area (Å²) < 4.78 is 56.4. The summed E-state index contributed by atoms with van der Waals surface area (Å²) in [7, 11) is 3.04. The van der Waals surface area contributed by atoms with Crippen LogP contribution in [0.3, 0.4) is 0 Å². The molecule has 14 nitrogen and oxygen atoms in total. The number of methoxy groups -OCH3 is 2. The fraction of sp³-hybridized carbons (Fsp3) is 0.881. The summed E-state index contributed by atoms with van der Waals surface area (Å²) in [5.41, 5.74) is -2.04. The smallest absolute Gasteiger partial charge is 0.333 e. The van der Waals surface area contributed by atoms with Crippen molar-refractivity contribution in [2.45, 2.75) is 192 Å². The summed E-state index contributed by atoms with van der Waals surface area (Å²) >= 11 is 0. The molecule has 0 radical (unpaired) electrons. The van der Waals surface area contributed by atoms with Crippen LogP contribution in [0.2, 0.25) is 0 Å². The number of Topliss-reactive ketones (excluding diaryl/α,β-unsaturated/α-hetero) is 1. The van der Waals surface area contributed by atoms with Crippen LogP contribution in [-0.2, 0) is 57.0 Å². The number of hydrogen-bond donors (Lipinski definition) is 2. The van der Waals surface area contributed by atoms with E-state index in [0.717, 1.165) is 32.1 Å². The van der Waals surface area contributed by atoms with Crippen LogP contribution in [0, 0.1) is 28.6 Å². The molecule has 3 heterocycles. The molecule has 0 aromatic carbocycles. The van der Waals surface area contributed by atoms with Crippen molar-refractivity contribution >= 4 is 17.7 Å². The number of allylic oxidation sites excluding steroid dienone is 1. The number of esters is 2. The van der Waals surface area contributed by atoms with Crippen molar-refractivity contribution in [1.82, 2.24) is 0 Å². The standard InChI is InChI=1S/C42H64O14/c1-11-20(2)37(47)54-34-35-39(7)15-13-26(53-29-19-28(48-9)32(23(5)50-29)55-38-31(46)33(49-10)30(45)22(4)51-38)18-25(39)12-16-41(35)42(56-41)17-14-27(21(3)43)40(42,8)36(34)52-24(6)44/h11,22-23,25-36,38,45-46H,12-19H2,1-10H3/t22-,23-,25+,26+,27+,28-,29+,30-,31-,32-,33-,34+,35-,36-,38+,39+,40+,41+,42-/m1/s1. The second kappa shape index (κ2) is 15.2. The third-order valence-corrected chi connectivity index (χ3v) is 15.6. The van der Waals surface area contributed by atoms with E-state index in [1.54, 1.807) is 40.9 Å². The molecule has 7 fully saturated rings. The Bertz CT molecular complexity index is 1550. The number of aliphatic hydroxyl groups excluding tert-OH is 2. The molecule has 0 unspecified atom stereocenters. The molecule has 19 atom stereocenters. The molecule has 7 rings (SSSR count). The van der Waals surface area contributed by atoms with E-state index in [-0.39, 0.29) is 29.1 Å². The molecule has 0 aromatic heterocycles. The summed E-state index contributed by atoms with van der Waals surface area (Å²) in [6.07, 6.45) is -1.32. The Hall–Kier alpha value is -2.01. The van der Waals surface area contributed by atoms with Gasteiger partial charge in [-0.1, -0.05) is 19.9 Å². The number of rotatable bonds is 10. The molecule has 0 bridgehead atoms. The summed E-state index contributed by atoms with van der Waals surface area (Å²) in [5, 5.41) is 21.3. The van der Waals surface area contributed by atoms with Crippen molar-refractivity contribution in [2.75, 3.05) is 14.2 Å². The van der Waals surface area contributed by atoms with Gasteiger partial charge in [-0.2, -0.15) is 0 Å². The zero-order valence-electron chi connectivity index (χ0n) is 34.7. The molecule has 14 heteroatoms. The van der Waals surface area contributed by atoms with E-state index in [1.165, 1.54) is 14.0 Å². The van der Waals surface area contributed by atoms with Crippen LogP contribution in [-0.4, -0.2) is 127 Å². The molecule has 3 aliphatic heterocycles. The minimum absolute atomic E-state index is 0.0276. The largest absolute Gasteiger partial charge is 0.458 e. The Labute approximate surface area is 330 Å². The molecule has 2 N–H and O–H groups in total. The van der Waals surface area contributed by atoms with Gasteiger partial charge >= 0.3 is 11.9 Å². The van der Waals surface area contributed by atoms with Gasteiger partial charge in [0.05, 0.1) is 24.4 Å². The highest BCUT2D eigenvalue weighted by Gasteiger charge is 2.91. The van der Waals surface area contributed by atoms with Gasteiger partial charge in [-0.25, -0.2) is 4.79 Å². The minimum atomic E-state index is -1.21. The van der Waals surface area contributed by atoms with Gasteiger partial charge in [0.15, 0.2) is 12.6 Å². The van der Waals surface area contributed by atoms with E-state index in [4.69, 9.17) is 42.6 Å². The lowest BCUT2D eigenvalue weighted by molar-refractivity contribution is -0.343. The van der Waals surface area contributed by atoms with Crippen molar-refractivity contribution in [2.24, 2.45) is 28.6 Å². The average Bonchev–Trinajstić information content (AvgIpc) is 3.70. The van der Waals surface area contributed by atoms with Gasteiger partial charge in [-0.15, -0.1) is 0 Å². The summed E-state index contributed by atoms with van der Waals surface area (Å²) in [6, 6.07) is 0. The third kappa shape index (κ3) is 6.34. The normalized spacial score (nSPS) is 51.1. The molecule has 316 valence electrons. The maximum atomic E-state index is 13.7. The number of ether oxygens (including phenoxy) is 9. The molecular weight excluding hydrogens is 728 g/mol.